The smallest absolute Gasteiger partial charge is 0.257 e. The van der Waals surface area contributed by atoms with E-state index in [0.29, 0.717) is 17.2 Å². The minimum absolute atomic E-state index is 0. The van der Waals surface area contributed by atoms with Crippen LogP contribution in [0.4, 0.5) is 5.69 Å². The SMILES string of the molecule is COc1ccc(OC)c(N=C([O-])C[n+]2cc(-c3ccccc3)n3c2CCC3)c1.Cl. The van der Waals surface area contributed by atoms with Gasteiger partial charge in [-0.1, -0.05) is 30.3 Å². The van der Waals surface area contributed by atoms with Crippen LogP contribution in [-0.2, 0) is 19.5 Å². The number of halogens is 1. The molecule has 29 heavy (non-hydrogen) atoms. The highest BCUT2D eigenvalue weighted by Gasteiger charge is 2.28. The lowest BCUT2D eigenvalue weighted by molar-refractivity contribution is -0.693. The molecule has 0 fully saturated rings. The predicted octanol–water partition coefficient (Wildman–Crippen LogP) is 2.92. The summed E-state index contributed by atoms with van der Waals surface area (Å²) in [5, 5.41) is 12.7. The number of benzene rings is 2. The maximum absolute atomic E-state index is 12.7. The first-order chi connectivity index (χ1) is 13.7. The Morgan fingerprint density at radius 3 is 2.66 bits per heavy atom. The molecule has 7 heteroatoms. The summed E-state index contributed by atoms with van der Waals surface area (Å²) in [7, 11) is 3.14. The molecule has 1 aromatic heterocycles. The normalized spacial score (nSPS) is 13.0. The summed E-state index contributed by atoms with van der Waals surface area (Å²) >= 11 is 0. The predicted molar refractivity (Wildman–Crippen MR) is 112 cm³/mol. The lowest BCUT2D eigenvalue weighted by Gasteiger charge is -2.12. The van der Waals surface area contributed by atoms with E-state index in [1.165, 1.54) is 5.82 Å². The maximum Gasteiger partial charge on any atom is 0.257 e. The Labute approximate surface area is 176 Å². The van der Waals surface area contributed by atoms with Crippen LogP contribution >= 0.6 is 12.4 Å². The molecular formula is C22H24ClN3O3. The van der Waals surface area contributed by atoms with Gasteiger partial charge in [0.1, 0.15) is 29.9 Å². The Balaban J connectivity index is 0.00000240. The summed E-state index contributed by atoms with van der Waals surface area (Å²) in [5.41, 5.74) is 2.77. The average molecular weight is 414 g/mol. The number of methoxy groups -OCH3 is 2. The molecule has 4 rings (SSSR count). The van der Waals surface area contributed by atoms with E-state index in [9.17, 15) is 5.11 Å². The van der Waals surface area contributed by atoms with Crippen molar-refractivity contribution >= 4 is 24.0 Å². The number of hydrogen-bond acceptors (Lipinski definition) is 4. The van der Waals surface area contributed by atoms with Crippen LogP contribution in [0.3, 0.4) is 0 Å². The highest BCUT2D eigenvalue weighted by Crippen LogP contribution is 2.31. The van der Waals surface area contributed by atoms with Crippen molar-refractivity contribution in [2.24, 2.45) is 4.99 Å². The van der Waals surface area contributed by atoms with Crippen molar-refractivity contribution in [1.82, 2.24) is 4.57 Å². The largest absolute Gasteiger partial charge is 0.859 e. The van der Waals surface area contributed by atoms with E-state index < -0.39 is 0 Å². The second kappa shape index (κ2) is 9.01. The Morgan fingerprint density at radius 2 is 1.93 bits per heavy atom. The first-order valence-electron chi connectivity index (χ1n) is 9.33. The molecule has 0 unspecified atom stereocenters. The van der Waals surface area contributed by atoms with E-state index >= 15 is 0 Å². The standard InChI is InChI=1S/C22H23N3O3.ClH/c1-27-17-10-11-20(28-2)18(13-17)23-21(26)15-24-14-19(16-7-4-3-5-8-16)25-12-6-9-22(24)25;/h3-5,7-8,10-11,13-14H,6,9,12,15H2,1-2H3;1H. The fourth-order valence-corrected chi connectivity index (χ4v) is 3.69. The van der Waals surface area contributed by atoms with Crippen molar-refractivity contribution in [3.8, 4) is 22.8 Å². The van der Waals surface area contributed by atoms with Crippen LogP contribution in [0.15, 0.2) is 59.7 Å². The molecule has 1 aliphatic heterocycles. The van der Waals surface area contributed by atoms with Crippen molar-refractivity contribution in [2.45, 2.75) is 25.9 Å². The molecule has 1 aliphatic rings. The van der Waals surface area contributed by atoms with Gasteiger partial charge in [0.2, 0.25) is 0 Å². The van der Waals surface area contributed by atoms with E-state index in [1.54, 1.807) is 32.4 Å². The van der Waals surface area contributed by atoms with E-state index in [1.807, 2.05) is 22.8 Å². The van der Waals surface area contributed by atoms with Crippen molar-refractivity contribution < 1.29 is 19.1 Å². The van der Waals surface area contributed by atoms with Crippen LogP contribution in [0.5, 0.6) is 11.5 Å². The summed E-state index contributed by atoms with van der Waals surface area (Å²) < 4.78 is 14.9. The molecule has 2 heterocycles. The number of rotatable bonds is 6. The molecule has 0 aliphatic carbocycles. The third-order valence-corrected chi connectivity index (χ3v) is 5.00. The zero-order valence-electron chi connectivity index (χ0n) is 16.5. The quantitative estimate of drug-likeness (QED) is 0.354. The van der Waals surface area contributed by atoms with E-state index in [-0.39, 0.29) is 24.8 Å². The number of ether oxygens (including phenoxy) is 2. The van der Waals surface area contributed by atoms with Crippen molar-refractivity contribution in [3.05, 3.63) is 60.6 Å². The van der Waals surface area contributed by atoms with Gasteiger partial charge in [-0.3, -0.25) is 4.99 Å². The van der Waals surface area contributed by atoms with Gasteiger partial charge < -0.3 is 14.6 Å². The molecule has 0 atom stereocenters. The molecule has 0 amide bonds. The van der Waals surface area contributed by atoms with Gasteiger partial charge in [-0.2, -0.15) is 0 Å². The lowest BCUT2D eigenvalue weighted by atomic mass is 10.2. The molecule has 3 aromatic rings. The molecule has 0 N–H and O–H groups in total. The van der Waals surface area contributed by atoms with Crippen molar-refractivity contribution in [2.75, 3.05) is 14.2 Å². The molecule has 6 nitrogen and oxygen atoms in total. The molecule has 2 aromatic carbocycles. The summed E-state index contributed by atoms with van der Waals surface area (Å²) in [6.45, 7) is 1.17. The second-order valence-electron chi connectivity index (χ2n) is 6.72. The van der Waals surface area contributed by atoms with Gasteiger partial charge in [0.15, 0.2) is 5.69 Å². The van der Waals surface area contributed by atoms with Gasteiger partial charge in [0.05, 0.1) is 27.2 Å². The number of fused-ring (bicyclic) bond motifs is 1. The van der Waals surface area contributed by atoms with E-state index in [4.69, 9.17) is 9.47 Å². The number of nitrogens with zero attached hydrogens (tertiary/aromatic N) is 3. The van der Waals surface area contributed by atoms with Gasteiger partial charge in [0.25, 0.3) is 5.82 Å². The molecule has 0 bridgehead atoms. The maximum atomic E-state index is 12.7. The summed E-state index contributed by atoms with van der Waals surface area (Å²) in [6.07, 6.45) is 4.10. The molecule has 152 valence electrons. The fourth-order valence-electron chi connectivity index (χ4n) is 3.69. The van der Waals surface area contributed by atoms with Gasteiger partial charge in [0, 0.05) is 17.5 Å². The number of aromatic nitrogens is 2. The van der Waals surface area contributed by atoms with Crippen LogP contribution in [-0.4, -0.2) is 24.7 Å². The lowest BCUT2D eigenvalue weighted by Crippen LogP contribution is -2.43. The zero-order chi connectivity index (χ0) is 19.5. The highest BCUT2D eigenvalue weighted by molar-refractivity contribution is 5.85. The highest BCUT2D eigenvalue weighted by atomic mass is 35.5. The Morgan fingerprint density at radius 1 is 1.14 bits per heavy atom. The fraction of sp³-hybridized carbons (Fsp3) is 0.273. The molecule has 0 radical (unpaired) electrons. The van der Waals surface area contributed by atoms with Crippen LogP contribution < -0.4 is 19.1 Å². The van der Waals surface area contributed by atoms with E-state index in [0.717, 1.165) is 30.6 Å². The van der Waals surface area contributed by atoms with Gasteiger partial charge in [-0.15, -0.1) is 12.4 Å². The van der Waals surface area contributed by atoms with Crippen LogP contribution in [0.25, 0.3) is 11.3 Å². The van der Waals surface area contributed by atoms with Gasteiger partial charge >= 0.3 is 0 Å². The molecule has 0 saturated carbocycles. The first-order valence-corrected chi connectivity index (χ1v) is 9.33. The second-order valence-corrected chi connectivity index (χ2v) is 6.72. The summed E-state index contributed by atoms with van der Waals surface area (Å²) in [6, 6.07) is 15.5. The summed E-state index contributed by atoms with van der Waals surface area (Å²) in [4.78, 5) is 4.27. The number of aliphatic imine (C=N–C) groups is 1. The third-order valence-electron chi connectivity index (χ3n) is 5.00. The first kappa shape index (κ1) is 20.7. The van der Waals surface area contributed by atoms with Gasteiger partial charge in [-0.25, -0.2) is 9.13 Å². The van der Waals surface area contributed by atoms with Crippen LogP contribution in [0, 0.1) is 0 Å². The van der Waals surface area contributed by atoms with Crippen molar-refractivity contribution in [1.29, 1.82) is 0 Å². The summed E-state index contributed by atoms with van der Waals surface area (Å²) in [5.74, 6) is 2.12. The topological polar surface area (TPSA) is 62.7 Å². The molecule has 0 saturated heterocycles. The molecular weight excluding hydrogens is 390 g/mol. The average Bonchev–Trinajstić information content (AvgIpc) is 3.32. The van der Waals surface area contributed by atoms with Gasteiger partial charge in [-0.05, 0) is 18.6 Å². The minimum atomic E-state index is -0.225. The third kappa shape index (κ3) is 4.22. The van der Waals surface area contributed by atoms with Crippen molar-refractivity contribution in [3.63, 3.8) is 0 Å². The van der Waals surface area contributed by atoms with Crippen LogP contribution in [0.2, 0.25) is 0 Å². The van der Waals surface area contributed by atoms with Crippen LogP contribution in [0.1, 0.15) is 12.2 Å². The Hall–Kier alpha value is -2.99. The monoisotopic (exact) mass is 413 g/mol. The Bertz CT molecular complexity index is 1020. The molecule has 0 spiro atoms. The Kier molecular flexibility index (Phi) is 6.44. The number of imidazole rings is 1. The minimum Gasteiger partial charge on any atom is -0.859 e. The van der Waals surface area contributed by atoms with E-state index in [2.05, 4.69) is 27.9 Å². The number of hydrogen-bond donors (Lipinski definition) is 0. The zero-order valence-corrected chi connectivity index (χ0v) is 17.3.